The van der Waals surface area contributed by atoms with Gasteiger partial charge < -0.3 is 19.3 Å². The van der Waals surface area contributed by atoms with Gasteiger partial charge in [0, 0.05) is 36.3 Å². The molecule has 6 rings (SSSR count). The molecule has 42 heavy (non-hydrogen) atoms. The van der Waals surface area contributed by atoms with Crippen LogP contribution in [-0.2, 0) is 20.2 Å². The number of hydrogen-bond acceptors (Lipinski definition) is 8. The van der Waals surface area contributed by atoms with Crippen LogP contribution >= 0.6 is 0 Å². The third kappa shape index (κ3) is 4.92. The molecule has 0 bridgehead atoms. The first kappa shape index (κ1) is 27.9. The molecule has 0 unspecified atom stereocenters. The molecule has 1 fully saturated rings. The van der Waals surface area contributed by atoms with Crippen LogP contribution in [0.15, 0.2) is 65.8 Å². The van der Waals surface area contributed by atoms with E-state index in [1.807, 2.05) is 32.3 Å². The zero-order chi connectivity index (χ0) is 29.6. The van der Waals surface area contributed by atoms with Crippen molar-refractivity contribution in [2.75, 3.05) is 51.0 Å². The lowest BCUT2D eigenvalue weighted by Crippen LogP contribution is -2.28. The second-order valence-corrected chi connectivity index (χ2v) is 12.7. The highest BCUT2D eigenvalue weighted by Gasteiger charge is 2.59. The van der Waals surface area contributed by atoms with Crippen LogP contribution in [0.5, 0.6) is 11.6 Å². The summed E-state index contributed by atoms with van der Waals surface area (Å²) in [7, 11) is 3.33. The molecule has 1 saturated carbocycles. The number of likely N-dealkylation sites (N-methyl/N-ethyl adjacent to an activating group) is 1. The molecule has 1 aliphatic carbocycles. The first-order valence-corrected chi connectivity index (χ1v) is 15.3. The summed E-state index contributed by atoms with van der Waals surface area (Å²) < 4.78 is 40.6. The standard InChI is InChI=1S/C31H33N5O5S/c1-35(2)14-5-15-41-29-26(34-42(38,39)23-9-7-22(40-4)8-10-23)17-21(18-33-29)20-6-11-25-24(16-20)28-27(19-32-25)36(3)30(37)31(28)12-13-31/h6-11,16-19,34H,5,12-15H2,1-4H3. The maximum atomic E-state index is 13.4. The van der Waals surface area contributed by atoms with Crippen LogP contribution in [0.1, 0.15) is 24.8 Å². The van der Waals surface area contributed by atoms with Crippen LogP contribution in [-0.4, -0.2) is 70.6 Å². The number of ether oxygens (including phenoxy) is 2. The quantitative estimate of drug-likeness (QED) is 0.271. The third-order valence-electron chi connectivity index (χ3n) is 7.94. The number of pyridine rings is 2. The Bertz CT molecular complexity index is 1790. The van der Waals surface area contributed by atoms with Crippen LogP contribution < -0.4 is 19.1 Å². The number of hydrogen-bond donors (Lipinski definition) is 1. The van der Waals surface area contributed by atoms with Gasteiger partial charge in [-0.2, -0.15) is 0 Å². The smallest absolute Gasteiger partial charge is 0.262 e. The van der Waals surface area contributed by atoms with E-state index in [2.05, 4.69) is 19.6 Å². The van der Waals surface area contributed by atoms with Crippen LogP contribution in [0.25, 0.3) is 22.0 Å². The second kappa shape index (κ2) is 10.6. The van der Waals surface area contributed by atoms with E-state index in [0.717, 1.165) is 53.5 Å². The predicted octanol–water partition coefficient (Wildman–Crippen LogP) is 4.44. The fourth-order valence-corrected chi connectivity index (χ4v) is 6.60. The van der Waals surface area contributed by atoms with Crippen molar-refractivity contribution in [1.29, 1.82) is 0 Å². The fraction of sp³-hybridized carbons (Fsp3) is 0.323. The van der Waals surface area contributed by atoms with Gasteiger partial charge in [-0.1, -0.05) is 6.07 Å². The van der Waals surface area contributed by atoms with Gasteiger partial charge >= 0.3 is 0 Å². The maximum Gasteiger partial charge on any atom is 0.262 e. The number of nitrogens with zero attached hydrogens (tertiary/aromatic N) is 4. The lowest BCUT2D eigenvalue weighted by atomic mass is 9.92. The van der Waals surface area contributed by atoms with Gasteiger partial charge in [0.1, 0.15) is 11.4 Å². The van der Waals surface area contributed by atoms with E-state index in [-0.39, 0.29) is 22.4 Å². The molecular weight excluding hydrogens is 554 g/mol. The Kier molecular flexibility index (Phi) is 7.02. The molecule has 1 aliphatic heterocycles. The highest BCUT2D eigenvalue weighted by Crippen LogP contribution is 2.58. The van der Waals surface area contributed by atoms with E-state index >= 15 is 0 Å². The Morgan fingerprint density at radius 1 is 1.02 bits per heavy atom. The summed E-state index contributed by atoms with van der Waals surface area (Å²) in [4.78, 5) is 26.0. The number of sulfonamides is 1. The molecule has 4 aromatic rings. The normalized spacial score (nSPS) is 15.4. The van der Waals surface area contributed by atoms with Gasteiger partial charge in [-0.15, -0.1) is 0 Å². The van der Waals surface area contributed by atoms with Gasteiger partial charge in [0.05, 0.1) is 41.4 Å². The highest BCUT2D eigenvalue weighted by molar-refractivity contribution is 7.92. The molecule has 0 radical (unpaired) electrons. The Morgan fingerprint density at radius 2 is 1.79 bits per heavy atom. The van der Waals surface area contributed by atoms with E-state index in [9.17, 15) is 13.2 Å². The average molecular weight is 588 g/mol. The van der Waals surface area contributed by atoms with E-state index in [1.165, 1.54) is 19.2 Å². The maximum absolute atomic E-state index is 13.4. The van der Waals surface area contributed by atoms with Crippen molar-refractivity contribution < 1.29 is 22.7 Å². The van der Waals surface area contributed by atoms with Crippen molar-refractivity contribution in [2.24, 2.45) is 0 Å². The molecule has 3 heterocycles. The number of carbonyl (C=O) groups excluding carboxylic acids is 1. The molecular formula is C31H33N5O5S. The Labute approximate surface area is 245 Å². The summed E-state index contributed by atoms with van der Waals surface area (Å²) in [6.45, 7) is 1.19. The van der Waals surface area contributed by atoms with Gasteiger partial charge in [0.15, 0.2) is 0 Å². The Morgan fingerprint density at radius 3 is 2.48 bits per heavy atom. The summed E-state index contributed by atoms with van der Waals surface area (Å²) in [6.07, 6.45) is 5.85. The van der Waals surface area contributed by atoms with Gasteiger partial charge in [-0.05, 0) is 81.4 Å². The molecule has 1 N–H and O–H groups in total. The van der Waals surface area contributed by atoms with Gasteiger partial charge in [-0.25, -0.2) is 13.4 Å². The van der Waals surface area contributed by atoms with Crippen LogP contribution in [0.3, 0.4) is 0 Å². The average Bonchev–Trinajstić information content (AvgIpc) is 3.76. The van der Waals surface area contributed by atoms with Crippen molar-refractivity contribution in [3.05, 3.63) is 66.5 Å². The minimum atomic E-state index is -3.95. The van der Waals surface area contributed by atoms with Gasteiger partial charge in [0.25, 0.3) is 10.0 Å². The summed E-state index contributed by atoms with van der Waals surface area (Å²) in [5.41, 5.74) is 3.97. The summed E-state index contributed by atoms with van der Waals surface area (Å²) in [5, 5.41) is 0.921. The second-order valence-electron chi connectivity index (χ2n) is 11.1. The zero-order valence-corrected chi connectivity index (χ0v) is 24.9. The fourth-order valence-electron chi connectivity index (χ4n) is 5.55. The predicted molar refractivity (Wildman–Crippen MR) is 162 cm³/mol. The molecule has 2 aliphatic rings. The van der Waals surface area contributed by atoms with E-state index in [0.29, 0.717) is 17.9 Å². The van der Waals surface area contributed by atoms with E-state index in [4.69, 9.17) is 9.47 Å². The number of aromatic nitrogens is 2. The van der Waals surface area contributed by atoms with Gasteiger partial charge in [0.2, 0.25) is 11.8 Å². The van der Waals surface area contributed by atoms with Gasteiger partial charge in [-0.3, -0.25) is 14.5 Å². The topological polar surface area (TPSA) is 114 Å². The first-order chi connectivity index (χ1) is 20.1. The molecule has 11 heteroatoms. The molecule has 10 nitrogen and oxygen atoms in total. The molecule has 1 spiro atoms. The number of anilines is 2. The first-order valence-electron chi connectivity index (χ1n) is 13.8. The van der Waals surface area contributed by atoms with Crippen LogP contribution in [0.2, 0.25) is 0 Å². The number of amides is 1. The minimum Gasteiger partial charge on any atom is -0.497 e. The number of benzene rings is 2. The van der Waals surface area contributed by atoms with Crippen molar-refractivity contribution in [2.45, 2.75) is 29.6 Å². The number of nitrogens with one attached hydrogen (secondary N) is 1. The van der Waals surface area contributed by atoms with E-state index in [1.54, 1.807) is 42.5 Å². The van der Waals surface area contributed by atoms with Crippen molar-refractivity contribution in [3.63, 3.8) is 0 Å². The molecule has 1 amide bonds. The molecule has 0 atom stereocenters. The number of methoxy groups -OCH3 is 1. The molecule has 218 valence electrons. The van der Waals surface area contributed by atoms with E-state index < -0.39 is 15.4 Å². The molecule has 2 aromatic carbocycles. The Hall–Kier alpha value is -4.22. The monoisotopic (exact) mass is 587 g/mol. The summed E-state index contributed by atoms with van der Waals surface area (Å²) in [6, 6.07) is 13.8. The van der Waals surface area contributed by atoms with Crippen LogP contribution in [0, 0.1) is 0 Å². The van der Waals surface area contributed by atoms with Crippen molar-refractivity contribution in [3.8, 4) is 22.8 Å². The van der Waals surface area contributed by atoms with Crippen LogP contribution in [0.4, 0.5) is 11.4 Å². The van der Waals surface area contributed by atoms with Crippen molar-refractivity contribution in [1.82, 2.24) is 14.9 Å². The minimum absolute atomic E-state index is 0.0862. The third-order valence-corrected chi connectivity index (χ3v) is 9.32. The number of carbonyl (C=O) groups is 1. The number of fused-ring (bicyclic) bond motifs is 4. The highest BCUT2D eigenvalue weighted by atomic mass is 32.2. The molecule has 0 saturated heterocycles. The Balaban J connectivity index is 1.39. The van der Waals surface area contributed by atoms with Crippen molar-refractivity contribution >= 4 is 38.2 Å². The molecule has 2 aromatic heterocycles. The zero-order valence-electron chi connectivity index (χ0n) is 24.0. The lowest BCUT2D eigenvalue weighted by Gasteiger charge is -2.16. The number of rotatable bonds is 10. The SMILES string of the molecule is COc1ccc(S(=O)(=O)Nc2cc(-c3ccc4ncc5c(c4c3)C3(CC3)C(=O)N5C)cnc2OCCCN(C)C)cc1. The summed E-state index contributed by atoms with van der Waals surface area (Å²) in [5.74, 6) is 0.868. The lowest BCUT2D eigenvalue weighted by molar-refractivity contribution is -0.119. The largest absolute Gasteiger partial charge is 0.497 e. The summed E-state index contributed by atoms with van der Waals surface area (Å²) >= 11 is 0.